The molecule has 3 N–H and O–H groups in total. The van der Waals surface area contributed by atoms with Gasteiger partial charge in [-0.15, -0.1) is 0 Å². The highest BCUT2D eigenvalue weighted by Gasteiger charge is 1.83. The normalized spacial score (nSPS) is 7.27. The van der Waals surface area contributed by atoms with Gasteiger partial charge in [0.15, 0.2) is 0 Å². The summed E-state index contributed by atoms with van der Waals surface area (Å²) in [6, 6.07) is 6.40. The molecule has 0 heterocycles. The summed E-state index contributed by atoms with van der Waals surface area (Å²) in [4.78, 5) is 0. The standard InChI is InChI=1S/C7H7F.CH4O.H2O/c1-6-2-4-7(8)5-3-6;1-2;/h2-5H,1H3;2H,1H3;1H2. The van der Waals surface area contributed by atoms with Crippen LogP contribution in [-0.4, -0.2) is 17.7 Å². The highest BCUT2D eigenvalue weighted by atomic mass is 19.1. The molecule has 0 aliphatic rings. The fourth-order valence-corrected chi connectivity index (χ4v) is 0.533. The number of hydrogen-bond donors (Lipinski definition) is 1. The first-order valence-corrected chi connectivity index (χ1v) is 2.96. The van der Waals surface area contributed by atoms with Gasteiger partial charge in [-0.3, -0.25) is 0 Å². The first-order valence-electron chi connectivity index (χ1n) is 2.96. The van der Waals surface area contributed by atoms with E-state index in [9.17, 15) is 4.39 Å². The zero-order valence-corrected chi connectivity index (χ0v) is 6.63. The van der Waals surface area contributed by atoms with Crippen molar-refractivity contribution in [2.24, 2.45) is 0 Å². The maximum absolute atomic E-state index is 12.1. The molecule has 0 amide bonds. The average Bonchev–Trinajstić information content (AvgIpc) is 2.00. The van der Waals surface area contributed by atoms with E-state index in [0.29, 0.717) is 0 Å². The fourth-order valence-electron chi connectivity index (χ4n) is 0.533. The van der Waals surface area contributed by atoms with E-state index in [4.69, 9.17) is 5.11 Å². The minimum Gasteiger partial charge on any atom is -0.412 e. The molecule has 1 aromatic rings. The van der Waals surface area contributed by atoms with Gasteiger partial charge in [0.05, 0.1) is 0 Å². The zero-order valence-electron chi connectivity index (χ0n) is 6.63. The van der Waals surface area contributed by atoms with Crippen LogP contribution in [0.4, 0.5) is 4.39 Å². The second-order valence-electron chi connectivity index (χ2n) is 1.80. The number of aliphatic hydroxyl groups is 1. The summed E-state index contributed by atoms with van der Waals surface area (Å²) in [5, 5.41) is 7.00. The molecule has 0 atom stereocenters. The molecule has 0 aliphatic heterocycles. The van der Waals surface area contributed by atoms with Crippen molar-refractivity contribution in [2.75, 3.05) is 7.11 Å². The van der Waals surface area contributed by atoms with Crippen LogP contribution >= 0.6 is 0 Å². The summed E-state index contributed by atoms with van der Waals surface area (Å²) < 4.78 is 12.1. The van der Waals surface area contributed by atoms with Crippen LogP contribution in [0.5, 0.6) is 0 Å². The van der Waals surface area contributed by atoms with E-state index in [-0.39, 0.29) is 11.3 Å². The van der Waals surface area contributed by atoms with Crippen molar-refractivity contribution in [2.45, 2.75) is 6.92 Å². The van der Waals surface area contributed by atoms with E-state index in [0.717, 1.165) is 12.7 Å². The minimum atomic E-state index is -0.171. The third-order valence-corrected chi connectivity index (χ3v) is 1.01. The van der Waals surface area contributed by atoms with Gasteiger partial charge in [0.2, 0.25) is 0 Å². The van der Waals surface area contributed by atoms with Crippen molar-refractivity contribution in [3.63, 3.8) is 0 Å². The van der Waals surface area contributed by atoms with Gasteiger partial charge in [0.25, 0.3) is 0 Å². The van der Waals surface area contributed by atoms with E-state index < -0.39 is 0 Å². The second-order valence-corrected chi connectivity index (χ2v) is 1.80. The lowest BCUT2D eigenvalue weighted by molar-refractivity contribution is 0.399. The van der Waals surface area contributed by atoms with Crippen LogP contribution < -0.4 is 0 Å². The Balaban J connectivity index is 0. The van der Waals surface area contributed by atoms with Crippen LogP contribution in [0.25, 0.3) is 0 Å². The molecule has 3 heteroatoms. The molecule has 0 aromatic heterocycles. The molecule has 0 spiro atoms. The molecule has 0 radical (unpaired) electrons. The molecule has 0 saturated heterocycles. The molecule has 0 aliphatic carbocycles. The Bertz CT molecular complexity index is 151. The Kier molecular flexibility index (Phi) is 8.30. The molecular formula is C8H13FO2. The summed E-state index contributed by atoms with van der Waals surface area (Å²) in [6.45, 7) is 1.93. The topological polar surface area (TPSA) is 51.7 Å². The predicted octanol–water partition coefficient (Wildman–Crippen LogP) is 0.918. The van der Waals surface area contributed by atoms with Gasteiger partial charge in [-0.05, 0) is 19.1 Å². The van der Waals surface area contributed by atoms with Crippen LogP contribution in [0.3, 0.4) is 0 Å². The van der Waals surface area contributed by atoms with Crippen molar-refractivity contribution in [3.8, 4) is 0 Å². The first kappa shape index (κ1) is 12.7. The molecule has 64 valence electrons. The van der Waals surface area contributed by atoms with E-state index in [1.54, 1.807) is 12.1 Å². The molecule has 0 fully saturated rings. The van der Waals surface area contributed by atoms with Gasteiger partial charge < -0.3 is 10.6 Å². The van der Waals surface area contributed by atoms with Crippen molar-refractivity contribution in [3.05, 3.63) is 35.6 Å². The quantitative estimate of drug-likeness (QED) is 0.602. The third-order valence-electron chi connectivity index (χ3n) is 1.01. The molecule has 0 unspecified atom stereocenters. The summed E-state index contributed by atoms with van der Waals surface area (Å²) in [7, 11) is 1.00. The van der Waals surface area contributed by atoms with E-state index in [2.05, 4.69) is 0 Å². The van der Waals surface area contributed by atoms with Crippen LogP contribution in [-0.2, 0) is 0 Å². The average molecular weight is 160 g/mol. The molecule has 1 aromatic carbocycles. The molecule has 1 rings (SSSR count). The van der Waals surface area contributed by atoms with E-state index in [1.165, 1.54) is 12.1 Å². The Hall–Kier alpha value is -0.930. The summed E-state index contributed by atoms with van der Waals surface area (Å²) >= 11 is 0. The van der Waals surface area contributed by atoms with Crippen molar-refractivity contribution in [1.82, 2.24) is 0 Å². The zero-order chi connectivity index (χ0) is 7.98. The lowest BCUT2D eigenvalue weighted by Gasteiger charge is -1.87. The van der Waals surface area contributed by atoms with Gasteiger partial charge in [0.1, 0.15) is 5.82 Å². The SMILES string of the molecule is CO.Cc1ccc(F)cc1.O. The number of rotatable bonds is 0. The van der Waals surface area contributed by atoms with Gasteiger partial charge in [0, 0.05) is 7.11 Å². The van der Waals surface area contributed by atoms with E-state index in [1.807, 2.05) is 6.92 Å². The van der Waals surface area contributed by atoms with Crippen molar-refractivity contribution < 1.29 is 15.0 Å². The van der Waals surface area contributed by atoms with Crippen LogP contribution in [0.15, 0.2) is 24.3 Å². The fraction of sp³-hybridized carbons (Fsp3) is 0.250. The second kappa shape index (κ2) is 7.18. The maximum atomic E-state index is 12.1. The molecule has 2 nitrogen and oxygen atoms in total. The molecule has 0 saturated carbocycles. The smallest absolute Gasteiger partial charge is 0.123 e. The molecule has 0 bridgehead atoms. The Morgan fingerprint density at radius 1 is 1.09 bits per heavy atom. The van der Waals surface area contributed by atoms with Crippen LogP contribution in [0.1, 0.15) is 5.56 Å². The number of halogens is 1. The summed E-state index contributed by atoms with van der Waals surface area (Å²) in [6.07, 6.45) is 0. The lowest BCUT2D eigenvalue weighted by atomic mass is 10.2. The van der Waals surface area contributed by atoms with Gasteiger partial charge in [-0.25, -0.2) is 4.39 Å². The number of aryl methyl sites for hydroxylation is 1. The largest absolute Gasteiger partial charge is 0.412 e. The van der Waals surface area contributed by atoms with Crippen molar-refractivity contribution in [1.29, 1.82) is 0 Å². The van der Waals surface area contributed by atoms with Crippen molar-refractivity contribution >= 4 is 0 Å². The van der Waals surface area contributed by atoms with Crippen LogP contribution in [0.2, 0.25) is 0 Å². The first-order chi connectivity index (χ1) is 4.79. The summed E-state index contributed by atoms with van der Waals surface area (Å²) in [5.41, 5.74) is 1.09. The number of aliphatic hydroxyl groups excluding tert-OH is 1. The highest BCUT2D eigenvalue weighted by molar-refractivity contribution is 5.13. The highest BCUT2D eigenvalue weighted by Crippen LogP contribution is 1.98. The van der Waals surface area contributed by atoms with E-state index >= 15 is 0 Å². The lowest BCUT2D eigenvalue weighted by Crippen LogP contribution is -1.71. The Morgan fingerprint density at radius 2 is 1.45 bits per heavy atom. The van der Waals surface area contributed by atoms with Gasteiger partial charge in [-0.1, -0.05) is 17.7 Å². The minimum absolute atomic E-state index is 0. The summed E-state index contributed by atoms with van der Waals surface area (Å²) in [5.74, 6) is -0.171. The van der Waals surface area contributed by atoms with Crippen LogP contribution in [0, 0.1) is 12.7 Å². The number of hydrogen-bond acceptors (Lipinski definition) is 1. The predicted molar refractivity (Wildman–Crippen MR) is 42.9 cm³/mol. The monoisotopic (exact) mass is 160 g/mol. The Labute approximate surface area is 65.6 Å². The van der Waals surface area contributed by atoms with Gasteiger partial charge >= 0.3 is 0 Å². The molecule has 11 heavy (non-hydrogen) atoms. The molecular weight excluding hydrogens is 147 g/mol. The maximum Gasteiger partial charge on any atom is 0.123 e. The Morgan fingerprint density at radius 3 is 1.73 bits per heavy atom. The number of benzene rings is 1. The third kappa shape index (κ3) is 5.51. The van der Waals surface area contributed by atoms with Gasteiger partial charge in [-0.2, -0.15) is 0 Å².